The van der Waals surface area contributed by atoms with Crippen LogP contribution in [0.2, 0.25) is 0 Å². The van der Waals surface area contributed by atoms with Crippen LogP contribution in [0, 0.1) is 0 Å². The molecule has 0 atom stereocenters. The number of fused-ring (bicyclic) bond motifs is 1. The summed E-state index contributed by atoms with van der Waals surface area (Å²) in [5, 5.41) is 8.21. The number of hydrogen-bond donors (Lipinski definition) is 2. The molecule has 0 saturated heterocycles. The minimum atomic E-state index is 0. The number of benzene rings is 1. The number of rotatable bonds is 5. The average Bonchev–Trinajstić information content (AvgIpc) is 3.01. The Hall–Kier alpha value is -0.890. The summed E-state index contributed by atoms with van der Waals surface area (Å²) in [6.45, 7) is 0.933. The van der Waals surface area contributed by atoms with E-state index in [1.165, 1.54) is 41.8 Å². The summed E-state index contributed by atoms with van der Waals surface area (Å²) in [7, 11) is 1.85. The third-order valence-corrected chi connectivity index (χ3v) is 5.46. The normalized spacial score (nSPS) is 16.0. The highest BCUT2D eigenvalue weighted by Gasteiger charge is 2.14. The van der Waals surface area contributed by atoms with E-state index in [0.29, 0.717) is 6.04 Å². The Kier molecular flexibility index (Phi) is 8.24. The molecular formula is C18H27IN4S. The molecule has 2 aromatic rings. The Morgan fingerprint density at radius 2 is 2.04 bits per heavy atom. The van der Waals surface area contributed by atoms with E-state index < -0.39 is 0 Å². The standard InChI is InChI=1S/C18H26N4S.HI/c1-19-18(21-14-8-3-2-4-9-14)20-13-7-12-17-22-15-10-5-6-11-16(15)23-17;/h5-6,10-11,14H,2-4,7-9,12-13H2,1H3,(H2,19,20,21);1H. The maximum absolute atomic E-state index is 4.69. The van der Waals surface area contributed by atoms with Crippen LogP contribution in [0.4, 0.5) is 0 Å². The Bertz CT molecular complexity index is 616. The molecule has 1 fully saturated rings. The van der Waals surface area contributed by atoms with Crippen molar-refractivity contribution < 1.29 is 0 Å². The molecule has 1 aliphatic rings. The smallest absolute Gasteiger partial charge is 0.191 e. The first-order valence-electron chi connectivity index (χ1n) is 8.67. The molecule has 0 spiro atoms. The van der Waals surface area contributed by atoms with E-state index in [0.717, 1.165) is 30.9 Å². The van der Waals surface area contributed by atoms with E-state index in [9.17, 15) is 0 Å². The van der Waals surface area contributed by atoms with Crippen LogP contribution in [0.15, 0.2) is 29.3 Å². The molecular weight excluding hydrogens is 431 g/mol. The second-order valence-corrected chi connectivity index (χ2v) is 7.27. The van der Waals surface area contributed by atoms with Gasteiger partial charge >= 0.3 is 0 Å². The number of halogens is 1. The van der Waals surface area contributed by atoms with Gasteiger partial charge in [-0.05, 0) is 31.4 Å². The van der Waals surface area contributed by atoms with Crippen LogP contribution in [0.25, 0.3) is 10.2 Å². The monoisotopic (exact) mass is 458 g/mol. The number of guanidine groups is 1. The highest BCUT2D eigenvalue weighted by atomic mass is 127. The number of thiazole rings is 1. The van der Waals surface area contributed by atoms with Gasteiger partial charge in [-0.25, -0.2) is 4.98 Å². The van der Waals surface area contributed by atoms with Gasteiger partial charge in [-0.1, -0.05) is 31.4 Å². The summed E-state index contributed by atoms with van der Waals surface area (Å²) in [6, 6.07) is 8.95. The molecule has 0 radical (unpaired) electrons. The van der Waals surface area contributed by atoms with E-state index in [1.807, 2.05) is 13.1 Å². The Balaban J connectivity index is 0.00000208. The lowest BCUT2D eigenvalue weighted by atomic mass is 9.96. The Morgan fingerprint density at radius 3 is 2.79 bits per heavy atom. The van der Waals surface area contributed by atoms with Crippen molar-refractivity contribution in [2.45, 2.75) is 51.0 Å². The first-order valence-corrected chi connectivity index (χ1v) is 9.48. The predicted molar refractivity (Wildman–Crippen MR) is 115 cm³/mol. The van der Waals surface area contributed by atoms with Crippen LogP contribution >= 0.6 is 35.3 Å². The van der Waals surface area contributed by atoms with E-state index in [2.05, 4.69) is 38.8 Å². The summed E-state index contributed by atoms with van der Waals surface area (Å²) in [5.74, 6) is 0.946. The third kappa shape index (κ3) is 5.58. The lowest BCUT2D eigenvalue weighted by Gasteiger charge is -2.24. The maximum Gasteiger partial charge on any atom is 0.191 e. The quantitative estimate of drug-likeness (QED) is 0.303. The van der Waals surface area contributed by atoms with Crippen LogP contribution in [0.3, 0.4) is 0 Å². The van der Waals surface area contributed by atoms with Crippen molar-refractivity contribution in [3.8, 4) is 0 Å². The van der Waals surface area contributed by atoms with Gasteiger partial charge in [0.2, 0.25) is 0 Å². The van der Waals surface area contributed by atoms with E-state index in [1.54, 1.807) is 11.3 Å². The zero-order valence-electron chi connectivity index (χ0n) is 14.3. The van der Waals surface area contributed by atoms with E-state index in [-0.39, 0.29) is 24.0 Å². The molecule has 2 N–H and O–H groups in total. The lowest BCUT2D eigenvalue weighted by molar-refractivity contribution is 0.410. The summed E-state index contributed by atoms with van der Waals surface area (Å²) in [5.41, 5.74) is 1.12. The van der Waals surface area contributed by atoms with Crippen molar-refractivity contribution in [3.05, 3.63) is 29.3 Å². The number of hydrogen-bond acceptors (Lipinski definition) is 3. The third-order valence-electron chi connectivity index (χ3n) is 4.37. The molecule has 1 saturated carbocycles. The highest BCUT2D eigenvalue weighted by molar-refractivity contribution is 14.0. The first kappa shape index (κ1) is 19.4. The molecule has 6 heteroatoms. The molecule has 0 amide bonds. The number of aliphatic imine (C=N–C) groups is 1. The minimum absolute atomic E-state index is 0. The van der Waals surface area contributed by atoms with Crippen molar-refractivity contribution in [3.63, 3.8) is 0 Å². The molecule has 4 nitrogen and oxygen atoms in total. The fourth-order valence-electron chi connectivity index (χ4n) is 3.11. The molecule has 132 valence electrons. The largest absolute Gasteiger partial charge is 0.356 e. The van der Waals surface area contributed by atoms with Gasteiger partial charge < -0.3 is 10.6 Å². The Morgan fingerprint density at radius 1 is 1.25 bits per heavy atom. The molecule has 3 rings (SSSR count). The van der Waals surface area contributed by atoms with Gasteiger partial charge in [0.15, 0.2) is 5.96 Å². The zero-order valence-corrected chi connectivity index (χ0v) is 17.4. The van der Waals surface area contributed by atoms with Crippen LogP contribution < -0.4 is 10.6 Å². The average molecular weight is 458 g/mol. The van der Waals surface area contributed by atoms with Crippen molar-refractivity contribution in [2.75, 3.05) is 13.6 Å². The van der Waals surface area contributed by atoms with Crippen molar-refractivity contribution in [2.24, 2.45) is 4.99 Å². The van der Waals surface area contributed by atoms with Crippen molar-refractivity contribution >= 4 is 51.5 Å². The van der Waals surface area contributed by atoms with Gasteiger partial charge in [0.05, 0.1) is 15.2 Å². The van der Waals surface area contributed by atoms with Crippen LogP contribution in [0.1, 0.15) is 43.5 Å². The van der Waals surface area contributed by atoms with Crippen molar-refractivity contribution in [1.29, 1.82) is 0 Å². The van der Waals surface area contributed by atoms with Gasteiger partial charge in [-0.15, -0.1) is 35.3 Å². The molecule has 1 heterocycles. The molecule has 1 aromatic heterocycles. The molecule has 1 aliphatic carbocycles. The lowest BCUT2D eigenvalue weighted by Crippen LogP contribution is -2.44. The van der Waals surface area contributed by atoms with Gasteiger partial charge in [0.1, 0.15) is 0 Å². The number of para-hydroxylation sites is 1. The van der Waals surface area contributed by atoms with Crippen LogP contribution in [-0.4, -0.2) is 30.6 Å². The second kappa shape index (κ2) is 10.2. The fourth-order valence-corrected chi connectivity index (χ4v) is 4.12. The maximum atomic E-state index is 4.69. The summed E-state index contributed by atoms with van der Waals surface area (Å²) in [6.07, 6.45) is 8.70. The predicted octanol–water partition coefficient (Wildman–Crippen LogP) is 4.34. The van der Waals surface area contributed by atoms with Gasteiger partial charge in [-0.3, -0.25) is 4.99 Å². The van der Waals surface area contributed by atoms with E-state index >= 15 is 0 Å². The number of nitrogens with one attached hydrogen (secondary N) is 2. The van der Waals surface area contributed by atoms with Crippen LogP contribution in [0.5, 0.6) is 0 Å². The second-order valence-electron chi connectivity index (χ2n) is 6.16. The zero-order chi connectivity index (χ0) is 15.9. The summed E-state index contributed by atoms with van der Waals surface area (Å²) >= 11 is 1.81. The van der Waals surface area contributed by atoms with Crippen molar-refractivity contribution in [1.82, 2.24) is 15.6 Å². The molecule has 0 unspecified atom stereocenters. The van der Waals surface area contributed by atoms with Crippen LogP contribution in [-0.2, 0) is 6.42 Å². The molecule has 1 aromatic carbocycles. The highest BCUT2D eigenvalue weighted by Crippen LogP contribution is 2.22. The van der Waals surface area contributed by atoms with E-state index in [4.69, 9.17) is 0 Å². The summed E-state index contributed by atoms with van der Waals surface area (Å²) in [4.78, 5) is 9.03. The molecule has 0 bridgehead atoms. The summed E-state index contributed by atoms with van der Waals surface area (Å²) < 4.78 is 1.28. The van der Waals surface area contributed by atoms with Gasteiger partial charge in [0.25, 0.3) is 0 Å². The number of aromatic nitrogens is 1. The Labute approximate surface area is 165 Å². The number of nitrogens with zero attached hydrogens (tertiary/aromatic N) is 2. The SMILES string of the molecule is CN=C(NCCCc1nc2ccccc2s1)NC1CCCCC1.I. The van der Waals surface area contributed by atoms with Gasteiger partial charge in [0, 0.05) is 26.1 Å². The molecule has 24 heavy (non-hydrogen) atoms. The fraction of sp³-hybridized carbons (Fsp3) is 0.556. The first-order chi connectivity index (χ1) is 11.3. The van der Waals surface area contributed by atoms with Gasteiger partial charge in [-0.2, -0.15) is 0 Å². The number of aryl methyl sites for hydroxylation is 1. The topological polar surface area (TPSA) is 49.3 Å². The minimum Gasteiger partial charge on any atom is -0.356 e. The molecule has 0 aliphatic heterocycles.